The molecule has 0 radical (unpaired) electrons. The Bertz CT molecular complexity index is 574. The lowest BCUT2D eigenvalue weighted by Gasteiger charge is -2.24. The van der Waals surface area contributed by atoms with Crippen LogP contribution in [0.2, 0.25) is 0 Å². The van der Waals surface area contributed by atoms with Gasteiger partial charge in [0.25, 0.3) is 0 Å². The Kier molecular flexibility index (Phi) is 3.38. The Morgan fingerprint density at radius 3 is 3.32 bits per heavy atom. The number of aromatic nitrogens is 2. The zero-order valence-corrected chi connectivity index (χ0v) is 11.7. The maximum absolute atomic E-state index is 12.0. The van der Waals surface area contributed by atoms with Crippen molar-refractivity contribution >= 4 is 17.2 Å². The lowest BCUT2D eigenvalue weighted by molar-refractivity contribution is -0.121. The molecule has 2 aromatic rings. The second-order valence-corrected chi connectivity index (χ2v) is 5.84. The highest BCUT2D eigenvalue weighted by molar-refractivity contribution is 7.07. The zero-order chi connectivity index (χ0) is 13.2. The first-order valence-corrected chi connectivity index (χ1v) is 7.48. The van der Waals surface area contributed by atoms with Crippen LogP contribution in [0.1, 0.15) is 23.5 Å². The number of carbonyl (C=O) groups is 1. The zero-order valence-electron chi connectivity index (χ0n) is 10.9. The van der Waals surface area contributed by atoms with Crippen LogP contribution in [0.3, 0.4) is 0 Å². The highest BCUT2D eigenvalue weighted by Crippen LogP contribution is 2.15. The van der Waals surface area contributed by atoms with Crippen LogP contribution in [-0.2, 0) is 24.2 Å². The maximum atomic E-state index is 12.0. The number of hydrogen-bond donors (Lipinski definition) is 1. The number of thiophene rings is 1. The van der Waals surface area contributed by atoms with Gasteiger partial charge in [0.05, 0.1) is 12.1 Å². The van der Waals surface area contributed by atoms with E-state index in [2.05, 4.69) is 21.1 Å². The summed E-state index contributed by atoms with van der Waals surface area (Å²) >= 11 is 1.63. The second kappa shape index (κ2) is 5.17. The molecular formula is C14H17N3OS. The predicted molar refractivity (Wildman–Crippen MR) is 75.2 cm³/mol. The first-order chi connectivity index (χ1) is 9.20. The summed E-state index contributed by atoms with van der Waals surface area (Å²) < 4.78 is 2.16. The summed E-state index contributed by atoms with van der Waals surface area (Å²) in [6, 6.07) is 2.23. The van der Waals surface area contributed by atoms with Gasteiger partial charge in [-0.25, -0.2) is 4.98 Å². The molecule has 1 amide bonds. The normalized spacial score (nSPS) is 18.1. The smallest absolute Gasteiger partial charge is 0.224 e. The summed E-state index contributed by atoms with van der Waals surface area (Å²) in [5.41, 5.74) is 2.15. The number of carbonyl (C=O) groups excluding carboxylic acids is 1. The molecule has 0 aliphatic carbocycles. The third-order valence-corrected chi connectivity index (χ3v) is 4.16. The lowest BCUT2D eigenvalue weighted by atomic mass is 10.1. The van der Waals surface area contributed by atoms with Crippen molar-refractivity contribution in [1.29, 1.82) is 0 Å². The molecule has 100 valence electrons. The van der Waals surface area contributed by atoms with Gasteiger partial charge in [0.15, 0.2) is 0 Å². The number of hydrogen-bond acceptors (Lipinski definition) is 3. The molecule has 0 bridgehead atoms. The number of imidazole rings is 1. The van der Waals surface area contributed by atoms with Gasteiger partial charge < -0.3 is 9.88 Å². The lowest BCUT2D eigenvalue weighted by Crippen LogP contribution is -2.41. The largest absolute Gasteiger partial charge is 0.351 e. The molecule has 1 aliphatic rings. The van der Waals surface area contributed by atoms with Crippen LogP contribution in [0, 0.1) is 6.92 Å². The first-order valence-electron chi connectivity index (χ1n) is 6.54. The Morgan fingerprint density at radius 1 is 1.63 bits per heavy atom. The Balaban J connectivity index is 1.58. The van der Waals surface area contributed by atoms with Gasteiger partial charge in [0, 0.05) is 25.2 Å². The first kappa shape index (κ1) is 12.4. The number of amides is 1. The Morgan fingerprint density at radius 2 is 2.53 bits per heavy atom. The summed E-state index contributed by atoms with van der Waals surface area (Å²) in [6.07, 6.45) is 4.46. The molecule has 0 aromatic carbocycles. The fourth-order valence-corrected chi connectivity index (χ4v) is 3.23. The molecule has 3 heterocycles. The molecule has 1 N–H and O–H groups in total. The van der Waals surface area contributed by atoms with Gasteiger partial charge in [-0.05, 0) is 35.7 Å². The van der Waals surface area contributed by atoms with Crippen molar-refractivity contribution in [1.82, 2.24) is 14.9 Å². The maximum Gasteiger partial charge on any atom is 0.224 e. The SMILES string of the molecule is Cc1cn2c(n1)CC[C@@H](NC(=O)Cc1ccsc1)C2. The summed E-state index contributed by atoms with van der Waals surface area (Å²) in [4.78, 5) is 16.4. The van der Waals surface area contributed by atoms with Crippen molar-refractivity contribution < 1.29 is 4.79 Å². The second-order valence-electron chi connectivity index (χ2n) is 5.06. The highest BCUT2D eigenvalue weighted by atomic mass is 32.1. The Hall–Kier alpha value is -1.62. The van der Waals surface area contributed by atoms with E-state index in [0.717, 1.165) is 36.5 Å². The third-order valence-electron chi connectivity index (χ3n) is 3.42. The van der Waals surface area contributed by atoms with E-state index in [1.165, 1.54) is 0 Å². The van der Waals surface area contributed by atoms with Crippen LogP contribution in [0.4, 0.5) is 0 Å². The average Bonchev–Trinajstić information content (AvgIpc) is 2.96. The van der Waals surface area contributed by atoms with Crippen molar-refractivity contribution in [2.75, 3.05) is 0 Å². The summed E-state index contributed by atoms with van der Waals surface area (Å²) in [5.74, 6) is 1.25. The van der Waals surface area contributed by atoms with Gasteiger partial charge in [0.2, 0.25) is 5.91 Å². The van der Waals surface area contributed by atoms with Gasteiger partial charge >= 0.3 is 0 Å². The molecule has 4 nitrogen and oxygen atoms in total. The summed E-state index contributed by atoms with van der Waals surface area (Å²) in [7, 11) is 0. The number of rotatable bonds is 3. The molecule has 19 heavy (non-hydrogen) atoms. The fraction of sp³-hybridized carbons (Fsp3) is 0.429. The van der Waals surface area contributed by atoms with Crippen LogP contribution in [0.25, 0.3) is 0 Å². The molecule has 1 atom stereocenters. The van der Waals surface area contributed by atoms with Gasteiger partial charge in [-0.15, -0.1) is 0 Å². The van der Waals surface area contributed by atoms with Crippen molar-refractivity contribution in [3.63, 3.8) is 0 Å². The van der Waals surface area contributed by atoms with Crippen molar-refractivity contribution in [3.8, 4) is 0 Å². The van der Waals surface area contributed by atoms with Crippen LogP contribution < -0.4 is 5.32 Å². The molecule has 0 saturated carbocycles. The number of fused-ring (bicyclic) bond motifs is 1. The van der Waals surface area contributed by atoms with Crippen LogP contribution in [0.5, 0.6) is 0 Å². The van der Waals surface area contributed by atoms with Crippen LogP contribution >= 0.6 is 11.3 Å². The summed E-state index contributed by atoms with van der Waals surface area (Å²) in [5, 5.41) is 7.15. The van der Waals surface area contributed by atoms with Crippen molar-refractivity contribution in [2.45, 2.75) is 38.8 Å². The molecule has 3 rings (SSSR count). The molecule has 0 unspecified atom stereocenters. The van der Waals surface area contributed by atoms with E-state index in [1.807, 2.05) is 23.8 Å². The van der Waals surface area contributed by atoms with Gasteiger partial charge in [-0.1, -0.05) is 0 Å². The Labute approximate surface area is 116 Å². The number of nitrogens with zero attached hydrogens (tertiary/aromatic N) is 2. The molecule has 2 aromatic heterocycles. The van der Waals surface area contributed by atoms with E-state index >= 15 is 0 Å². The molecule has 0 fully saturated rings. The van der Waals surface area contributed by atoms with Gasteiger partial charge in [-0.3, -0.25) is 4.79 Å². The molecule has 0 spiro atoms. The van der Waals surface area contributed by atoms with Crippen LogP contribution in [-0.4, -0.2) is 21.5 Å². The van der Waals surface area contributed by atoms with E-state index < -0.39 is 0 Å². The minimum atomic E-state index is 0.115. The van der Waals surface area contributed by atoms with E-state index in [4.69, 9.17) is 0 Å². The minimum Gasteiger partial charge on any atom is -0.351 e. The van der Waals surface area contributed by atoms with Crippen LogP contribution in [0.15, 0.2) is 23.0 Å². The molecular weight excluding hydrogens is 258 g/mol. The van der Waals surface area contributed by atoms with Crippen molar-refractivity contribution in [3.05, 3.63) is 40.1 Å². The minimum absolute atomic E-state index is 0.115. The third kappa shape index (κ3) is 2.87. The quantitative estimate of drug-likeness (QED) is 0.930. The number of nitrogens with one attached hydrogen (secondary N) is 1. The molecule has 5 heteroatoms. The topological polar surface area (TPSA) is 46.9 Å². The number of aryl methyl sites for hydroxylation is 2. The summed E-state index contributed by atoms with van der Waals surface area (Å²) in [6.45, 7) is 2.85. The van der Waals surface area contributed by atoms with E-state index in [1.54, 1.807) is 11.3 Å². The van der Waals surface area contributed by atoms with Gasteiger partial charge in [0.1, 0.15) is 5.82 Å². The van der Waals surface area contributed by atoms with Crippen molar-refractivity contribution in [2.24, 2.45) is 0 Å². The molecule has 0 saturated heterocycles. The molecule has 1 aliphatic heterocycles. The van der Waals surface area contributed by atoms with E-state index in [0.29, 0.717) is 6.42 Å². The average molecular weight is 275 g/mol. The highest BCUT2D eigenvalue weighted by Gasteiger charge is 2.21. The van der Waals surface area contributed by atoms with E-state index in [9.17, 15) is 4.79 Å². The van der Waals surface area contributed by atoms with E-state index in [-0.39, 0.29) is 11.9 Å². The fourth-order valence-electron chi connectivity index (χ4n) is 2.56. The predicted octanol–water partition coefficient (Wildman–Crippen LogP) is 1.93. The van der Waals surface area contributed by atoms with Gasteiger partial charge in [-0.2, -0.15) is 11.3 Å². The monoisotopic (exact) mass is 275 g/mol. The standard InChI is InChI=1S/C14H17N3OS/c1-10-7-17-8-12(2-3-13(17)15-10)16-14(18)6-11-4-5-19-9-11/h4-5,7,9,12H,2-3,6,8H2,1H3,(H,16,18)/t12-/m1/s1.